The van der Waals surface area contributed by atoms with Gasteiger partial charge < -0.3 is 5.73 Å². The normalized spacial score (nSPS) is 31.2. The SMILES string of the molecule is CC1CCC(N)C(N(CC(F)(F)F)C(C)C)C1. The standard InChI is InChI=1S/C12H23F3N2/c1-8(2)17(7-12(13,14)15)11-6-9(3)4-5-10(11)16/h8-11H,4-7,16H2,1-3H3. The molecule has 1 aliphatic carbocycles. The summed E-state index contributed by atoms with van der Waals surface area (Å²) in [6.45, 7) is 4.84. The van der Waals surface area contributed by atoms with Crippen molar-refractivity contribution in [3.63, 3.8) is 0 Å². The second kappa shape index (κ2) is 5.57. The Kier molecular flexibility index (Phi) is 4.84. The molecule has 1 aliphatic rings. The van der Waals surface area contributed by atoms with Crippen LogP contribution in [-0.2, 0) is 0 Å². The summed E-state index contributed by atoms with van der Waals surface area (Å²) < 4.78 is 37.7. The van der Waals surface area contributed by atoms with Gasteiger partial charge in [0.15, 0.2) is 0 Å². The van der Waals surface area contributed by atoms with Crippen molar-refractivity contribution in [3.8, 4) is 0 Å². The minimum Gasteiger partial charge on any atom is -0.326 e. The second-order valence-electron chi connectivity index (χ2n) is 5.53. The van der Waals surface area contributed by atoms with Gasteiger partial charge in [0.25, 0.3) is 0 Å². The van der Waals surface area contributed by atoms with Crippen LogP contribution in [0.3, 0.4) is 0 Å². The summed E-state index contributed by atoms with van der Waals surface area (Å²) in [5.74, 6) is 0.467. The van der Waals surface area contributed by atoms with Gasteiger partial charge in [-0.25, -0.2) is 0 Å². The van der Waals surface area contributed by atoms with Gasteiger partial charge in [0.1, 0.15) is 0 Å². The molecule has 3 atom stereocenters. The van der Waals surface area contributed by atoms with Crippen molar-refractivity contribution in [2.24, 2.45) is 11.7 Å². The molecule has 0 aromatic heterocycles. The summed E-state index contributed by atoms with van der Waals surface area (Å²) in [5.41, 5.74) is 5.99. The number of alkyl halides is 3. The Labute approximate surface area is 101 Å². The molecule has 0 saturated heterocycles. The molecule has 0 bridgehead atoms. The van der Waals surface area contributed by atoms with E-state index < -0.39 is 12.7 Å². The molecule has 17 heavy (non-hydrogen) atoms. The number of halogens is 3. The molecule has 1 fully saturated rings. The zero-order chi connectivity index (χ0) is 13.2. The average molecular weight is 252 g/mol. The van der Waals surface area contributed by atoms with Crippen molar-refractivity contribution in [2.75, 3.05) is 6.54 Å². The second-order valence-corrected chi connectivity index (χ2v) is 5.53. The summed E-state index contributed by atoms with van der Waals surface area (Å²) in [7, 11) is 0. The van der Waals surface area contributed by atoms with Gasteiger partial charge in [-0.05, 0) is 39.0 Å². The van der Waals surface area contributed by atoms with Crippen LogP contribution in [0.2, 0.25) is 0 Å². The van der Waals surface area contributed by atoms with Crippen molar-refractivity contribution in [2.45, 2.75) is 64.3 Å². The molecule has 0 amide bonds. The third-order valence-electron chi connectivity index (χ3n) is 3.58. The fourth-order valence-electron chi connectivity index (χ4n) is 2.65. The van der Waals surface area contributed by atoms with Crippen LogP contribution in [0.5, 0.6) is 0 Å². The lowest BCUT2D eigenvalue weighted by Crippen LogP contribution is -2.55. The van der Waals surface area contributed by atoms with Gasteiger partial charge in [-0.1, -0.05) is 6.92 Å². The van der Waals surface area contributed by atoms with E-state index in [1.807, 2.05) is 0 Å². The minimum absolute atomic E-state index is 0.127. The molecule has 0 aromatic rings. The van der Waals surface area contributed by atoms with Crippen LogP contribution in [0.1, 0.15) is 40.0 Å². The third kappa shape index (κ3) is 4.47. The average Bonchev–Trinajstić information content (AvgIpc) is 2.17. The molecule has 3 unspecified atom stereocenters. The van der Waals surface area contributed by atoms with Crippen LogP contribution in [-0.4, -0.2) is 35.7 Å². The van der Waals surface area contributed by atoms with E-state index in [1.54, 1.807) is 13.8 Å². The van der Waals surface area contributed by atoms with Crippen molar-refractivity contribution in [3.05, 3.63) is 0 Å². The Balaban J connectivity index is 2.74. The first-order chi connectivity index (χ1) is 7.70. The Morgan fingerprint density at radius 3 is 2.35 bits per heavy atom. The maximum Gasteiger partial charge on any atom is 0.401 e. The van der Waals surface area contributed by atoms with Gasteiger partial charge in [-0.2, -0.15) is 13.2 Å². The Morgan fingerprint density at radius 2 is 1.88 bits per heavy atom. The van der Waals surface area contributed by atoms with Crippen LogP contribution in [0.15, 0.2) is 0 Å². The predicted molar refractivity (Wildman–Crippen MR) is 62.7 cm³/mol. The molecule has 0 aromatic carbocycles. The van der Waals surface area contributed by atoms with Crippen LogP contribution in [0.25, 0.3) is 0 Å². The van der Waals surface area contributed by atoms with Gasteiger partial charge in [0, 0.05) is 18.1 Å². The minimum atomic E-state index is -4.15. The van der Waals surface area contributed by atoms with E-state index in [-0.39, 0.29) is 18.1 Å². The zero-order valence-electron chi connectivity index (χ0n) is 10.8. The van der Waals surface area contributed by atoms with Crippen molar-refractivity contribution in [1.82, 2.24) is 4.90 Å². The molecule has 102 valence electrons. The first-order valence-corrected chi connectivity index (χ1v) is 6.28. The summed E-state index contributed by atoms with van der Waals surface area (Å²) >= 11 is 0. The molecule has 0 aliphatic heterocycles. The molecular weight excluding hydrogens is 229 g/mol. The van der Waals surface area contributed by atoms with E-state index in [0.29, 0.717) is 5.92 Å². The smallest absolute Gasteiger partial charge is 0.326 e. The van der Waals surface area contributed by atoms with Crippen molar-refractivity contribution >= 4 is 0 Å². The fraction of sp³-hybridized carbons (Fsp3) is 1.00. The first-order valence-electron chi connectivity index (χ1n) is 6.28. The Bertz CT molecular complexity index is 240. The molecule has 2 N–H and O–H groups in total. The molecule has 5 heteroatoms. The fourth-order valence-corrected chi connectivity index (χ4v) is 2.65. The van der Waals surface area contributed by atoms with Gasteiger partial charge >= 0.3 is 6.18 Å². The predicted octanol–water partition coefficient (Wildman–Crippen LogP) is 2.78. The lowest BCUT2D eigenvalue weighted by Gasteiger charge is -2.42. The van der Waals surface area contributed by atoms with Gasteiger partial charge in [0.2, 0.25) is 0 Å². The highest BCUT2D eigenvalue weighted by molar-refractivity contribution is 4.90. The largest absolute Gasteiger partial charge is 0.401 e. The van der Waals surface area contributed by atoms with Crippen LogP contribution in [0.4, 0.5) is 13.2 Å². The van der Waals surface area contributed by atoms with E-state index >= 15 is 0 Å². The molecule has 1 saturated carbocycles. The first kappa shape index (κ1) is 14.8. The highest BCUT2D eigenvalue weighted by Crippen LogP contribution is 2.30. The third-order valence-corrected chi connectivity index (χ3v) is 3.58. The van der Waals surface area contributed by atoms with Crippen LogP contribution >= 0.6 is 0 Å². The van der Waals surface area contributed by atoms with E-state index in [4.69, 9.17) is 5.73 Å². The lowest BCUT2D eigenvalue weighted by molar-refractivity contribution is -0.158. The number of rotatable bonds is 3. The number of hydrogen-bond acceptors (Lipinski definition) is 2. The Hall–Kier alpha value is -0.290. The summed E-state index contributed by atoms with van der Waals surface area (Å²) in [5, 5.41) is 0. The van der Waals surface area contributed by atoms with Crippen molar-refractivity contribution < 1.29 is 13.2 Å². The van der Waals surface area contributed by atoms with E-state index in [2.05, 4.69) is 6.92 Å². The Morgan fingerprint density at radius 1 is 1.29 bits per heavy atom. The summed E-state index contributed by atoms with van der Waals surface area (Å²) in [6.07, 6.45) is -1.53. The molecule has 0 radical (unpaired) electrons. The maximum atomic E-state index is 12.6. The monoisotopic (exact) mass is 252 g/mol. The molecule has 2 nitrogen and oxygen atoms in total. The number of nitrogens with two attached hydrogens (primary N) is 1. The van der Waals surface area contributed by atoms with E-state index in [1.165, 1.54) is 4.90 Å². The molecular formula is C12H23F3N2. The molecule has 1 rings (SSSR count). The number of nitrogens with zero attached hydrogens (tertiary/aromatic N) is 1. The van der Waals surface area contributed by atoms with Crippen LogP contribution in [0, 0.1) is 5.92 Å². The van der Waals surface area contributed by atoms with Gasteiger partial charge in [0.05, 0.1) is 6.54 Å². The zero-order valence-corrected chi connectivity index (χ0v) is 10.8. The summed E-state index contributed by atoms with van der Waals surface area (Å²) in [6, 6.07) is -0.394. The van der Waals surface area contributed by atoms with Gasteiger partial charge in [-0.3, -0.25) is 4.90 Å². The highest BCUT2D eigenvalue weighted by atomic mass is 19.4. The molecule has 0 heterocycles. The van der Waals surface area contributed by atoms with Gasteiger partial charge in [-0.15, -0.1) is 0 Å². The van der Waals surface area contributed by atoms with Crippen LogP contribution < -0.4 is 5.73 Å². The van der Waals surface area contributed by atoms with E-state index in [9.17, 15) is 13.2 Å². The van der Waals surface area contributed by atoms with Crippen molar-refractivity contribution in [1.29, 1.82) is 0 Å². The lowest BCUT2D eigenvalue weighted by atomic mass is 9.82. The number of hydrogen-bond donors (Lipinski definition) is 1. The summed E-state index contributed by atoms with van der Waals surface area (Å²) in [4.78, 5) is 1.51. The highest BCUT2D eigenvalue weighted by Gasteiger charge is 2.38. The molecule has 0 spiro atoms. The quantitative estimate of drug-likeness (QED) is 0.837. The topological polar surface area (TPSA) is 29.3 Å². The maximum absolute atomic E-state index is 12.6. The van der Waals surface area contributed by atoms with E-state index in [0.717, 1.165) is 19.3 Å².